The van der Waals surface area contributed by atoms with E-state index in [0.717, 1.165) is 0 Å². The highest BCUT2D eigenvalue weighted by Crippen LogP contribution is 2.05. The van der Waals surface area contributed by atoms with Gasteiger partial charge in [-0.1, -0.05) is 19.9 Å². The molecule has 0 saturated heterocycles. The number of allylic oxidation sites excluding steroid dienone is 2. The van der Waals surface area contributed by atoms with Gasteiger partial charge in [-0.05, 0) is 19.8 Å². The molecule has 1 nitrogen and oxygen atoms in total. The maximum absolute atomic E-state index is 12.0. The fraction of sp³-hybridized carbons (Fsp3) is 0.667. The van der Waals surface area contributed by atoms with Crippen LogP contribution >= 0.6 is 0 Å². The van der Waals surface area contributed by atoms with Crippen molar-refractivity contribution < 1.29 is 8.78 Å². The van der Waals surface area contributed by atoms with Crippen LogP contribution in [0.3, 0.4) is 0 Å². The molecule has 0 aliphatic carbocycles. The van der Waals surface area contributed by atoms with Gasteiger partial charge in [0.15, 0.2) is 0 Å². The second kappa shape index (κ2) is 5.01. The average molecular weight is 175 g/mol. The van der Waals surface area contributed by atoms with Crippen molar-refractivity contribution in [3.05, 3.63) is 11.8 Å². The van der Waals surface area contributed by atoms with Crippen LogP contribution in [0.15, 0.2) is 16.8 Å². The summed E-state index contributed by atoms with van der Waals surface area (Å²) in [6.07, 6.45) is -0.591. The van der Waals surface area contributed by atoms with Gasteiger partial charge in [0.25, 0.3) is 6.43 Å². The zero-order chi connectivity index (χ0) is 9.72. The number of rotatable bonds is 3. The van der Waals surface area contributed by atoms with Crippen molar-refractivity contribution in [3.8, 4) is 0 Å². The molecule has 0 atom stereocenters. The van der Waals surface area contributed by atoms with E-state index < -0.39 is 6.43 Å². The summed E-state index contributed by atoms with van der Waals surface area (Å²) in [4.78, 5) is 3.74. The topological polar surface area (TPSA) is 12.4 Å². The van der Waals surface area contributed by atoms with E-state index in [2.05, 4.69) is 4.99 Å². The monoisotopic (exact) mass is 175 g/mol. The molecule has 0 radical (unpaired) electrons. The van der Waals surface area contributed by atoms with Crippen LogP contribution in [0.2, 0.25) is 0 Å². The van der Waals surface area contributed by atoms with E-state index in [4.69, 9.17) is 0 Å². The van der Waals surface area contributed by atoms with Gasteiger partial charge in [0.05, 0.1) is 5.71 Å². The molecule has 0 unspecified atom stereocenters. The first-order valence-corrected chi connectivity index (χ1v) is 3.95. The predicted molar refractivity (Wildman–Crippen MR) is 47.7 cm³/mol. The number of nitrogens with zero attached hydrogens (tertiary/aromatic N) is 1. The third kappa shape index (κ3) is 4.99. The largest absolute Gasteiger partial charge is 0.276 e. The molecule has 0 saturated carbocycles. The molecule has 0 aliphatic heterocycles. The van der Waals surface area contributed by atoms with Gasteiger partial charge < -0.3 is 0 Å². The summed E-state index contributed by atoms with van der Waals surface area (Å²) in [7, 11) is 0. The molecular formula is C9H15F2N. The number of hydrogen-bond donors (Lipinski definition) is 0. The van der Waals surface area contributed by atoms with E-state index in [1.807, 2.05) is 19.9 Å². The molecule has 0 amide bonds. The van der Waals surface area contributed by atoms with Crippen LogP contribution in [0.25, 0.3) is 0 Å². The van der Waals surface area contributed by atoms with Crippen LogP contribution in [0, 0.1) is 5.92 Å². The quantitative estimate of drug-likeness (QED) is 0.584. The minimum Gasteiger partial charge on any atom is -0.257 e. The zero-order valence-corrected chi connectivity index (χ0v) is 7.94. The lowest BCUT2D eigenvalue weighted by Gasteiger charge is -2.00. The van der Waals surface area contributed by atoms with Crippen molar-refractivity contribution >= 4 is 5.71 Å². The normalized spacial score (nSPS) is 14.7. The van der Waals surface area contributed by atoms with Crippen molar-refractivity contribution in [2.24, 2.45) is 10.9 Å². The van der Waals surface area contributed by atoms with E-state index in [-0.39, 0.29) is 5.71 Å². The van der Waals surface area contributed by atoms with Gasteiger partial charge in [0.1, 0.15) is 0 Å². The van der Waals surface area contributed by atoms with Gasteiger partial charge in [-0.15, -0.1) is 0 Å². The Morgan fingerprint density at radius 1 is 1.25 bits per heavy atom. The zero-order valence-electron chi connectivity index (χ0n) is 7.94. The minimum atomic E-state index is -2.44. The average Bonchev–Trinajstić information content (AvgIpc) is 1.84. The van der Waals surface area contributed by atoms with Crippen LogP contribution in [0.5, 0.6) is 0 Å². The molecule has 0 aromatic rings. The molecule has 0 aliphatic rings. The van der Waals surface area contributed by atoms with Crippen LogP contribution in [-0.4, -0.2) is 12.1 Å². The Morgan fingerprint density at radius 3 is 2.08 bits per heavy atom. The Kier molecular flexibility index (Phi) is 4.71. The number of aliphatic imine (C=N–C) groups is 1. The van der Waals surface area contributed by atoms with Crippen LogP contribution in [0.1, 0.15) is 27.7 Å². The Hall–Kier alpha value is -0.730. The molecule has 0 aromatic carbocycles. The van der Waals surface area contributed by atoms with E-state index in [9.17, 15) is 8.78 Å². The summed E-state index contributed by atoms with van der Waals surface area (Å²) >= 11 is 0. The third-order valence-electron chi connectivity index (χ3n) is 1.24. The highest BCUT2D eigenvalue weighted by Gasteiger charge is 2.05. The summed E-state index contributed by atoms with van der Waals surface area (Å²) in [5.74, 6) is 0.347. The molecule has 0 rings (SSSR count). The maximum Gasteiger partial charge on any atom is 0.276 e. The fourth-order valence-electron chi connectivity index (χ4n) is 0.847. The summed E-state index contributed by atoms with van der Waals surface area (Å²) in [6.45, 7) is 7.03. The summed E-state index contributed by atoms with van der Waals surface area (Å²) in [6, 6.07) is 0. The summed E-state index contributed by atoms with van der Waals surface area (Å²) in [5, 5.41) is 0. The van der Waals surface area contributed by atoms with Crippen LogP contribution in [-0.2, 0) is 0 Å². The van der Waals surface area contributed by atoms with Crippen LogP contribution < -0.4 is 0 Å². The third-order valence-corrected chi connectivity index (χ3v) is 1.24. The second-order valence-corrected chi connectivity index (χ2v) is 3.11. The maximum atomic E-state index is 12.0. The number of halogens is 2. The van der Waals surface area contributed by atoms with Crippen molar-refractivity contribution in [3.63, 3.8) is 0 Å². The van der Waals surface area contributed by atoms with E-state index in [1.165, 1.54) is 6.92 Å². The Balaban J connectivity index is 4.33. The standard InChI is InChI=1S/C9H15F2N/c1-6(2)5-7(3)12-8(4)9(10)11/h5-6,9H,1-4H3/b7-5-,12-8?. The molecule has 12 heavy (non-hydrogen) atoms. The second-order valence-electron chi connectivity index (χ2n) is 3.11. The van der Waals surface area contributed by atoms with E-state index in [0.29, 0.717) is 11.6 Å². The highest BCUT2D eigenvalue weighted by atomic mass is 19.3. The molecule has 0 N–H and O–H groups in total. The molecule has 70 valence electrons. The van der Waals surface area contributed by atoms with Crippen LogP contribution in [0.4, 0.5) is 8.78 Å². The first-order valence-electron chi connectivity index (χ1n) is 3.95. The minimum absolute atomic E-state index is 0.121. The van der Waals surface area contributed by atoms with Crippen molar-refractivity contribution in [1.82, 2.24) is 0 Å². The lowest BCUT2D eigenvalue weighted by molar-refractivity contribution is 0.225. The molecule has 0 fully saturated rings. The first kappa shape index (κ1) is 11.3. The van der Waals surface area contributed by atoms with E-state index in [1.54, 1.807) is 6.92 Å². The molecule has 0 bridgehead atoms. The Labute approximate surface area is 72.2 Å². The summed E-state index contributed by atoms with van der Waals surface area (Å²) < 4.78 is 23.9. The Bertz CT molecular complexity index is 193. The molecular weight excluding hydrogens is 160 g/mol. The van der Waals surface area contributed by atoms with Crippen molar-refractivity contribution in [1.29, 1.82) is 0 Å². The Morgan fingerprint density at radius 2 is 1.75 bits per heavy atom. The summed E-state index contributed by atoms with van der Waals surface area (Å²) in [5.41, 5.74) is 0.534. The first-order chi connectivity index (χ1) is 5.43. The predicted octanol–water partition coefficient (Wildman–Crippen LogP) is 3.27. The number of hydrogen-bond acceptors (Lipinski definition) is 1. The lowest BCUT2D eigenvalue weighted by Crippen LogP contribution is -2.04. The van der Waals surface area contributed by atoms with Gasteiger partial charge in [0, 0.05) is 5.70 Å². The molecule has 0 heterocycles. The SMILES string of the molecule is CC(=N/C(C)=C\C(C)C)C(F)F. The van der Waals surface area contributed by atoms with Gasteiger partial charge in [0.2, 0.25) is 0 Å². The van der Waals surface area contributed by atoms with E-state index >= 15 is 0 Å². The molecule has 0 aromatic heterocycles. The van der Waals surface area contributed by atoms with Gasteiger partial charge in [-0.3, -0.25) is 4.99 Å². The smallest absolute Gasteiger partial charge is 0.257 e. The van der Waals surface area contributed by atoms with Gasteiger partial charge >= 0.3 is 0 Å². The molecule has 3 heteroatoms. The lowest BCUT2D eigenvalue weighted by atomic mass is 10.2. The van der Waals surface area contributed by atoms with Crippen molar-refractivity contribution in [2.75, 3.05) is 0 Å². The van der Waals surface area contributed by atoms with Gasteiger partial charge in [-0.2, -0.15) is 0 Å². The number of alkyl halides is 2. The fourth-order valence-corrected chi connectivity index (χ4v) is 0.847. The highest BCUT2D eigenvalue weighted by molar-refractivity contribution is 5.85. The van der Waals surface area contributed by atoms with Gasteiger partial charge in [-0.25, -0.2) is 8.78 Å². The molecule has 0 spiro atoms. The van der Waals surface area contributed by atoms with Crippen molar-refractivity contribution in [2.45, 2.75) is 34.1 Å².